The SMILES string of the molecule is C=CCOC[C@@H]1Cn2cc([N+](=O)[O-])nc2O1. The molecule has 2 rings (SSSR count). The summed E-state index contributed by atoms with van der Waals surface area (Å²) >= 11 is 0. The van der Waals surface area contributed by atoms with Crippen molar-refractivity contribution in [3.05, 3.63) is 29.0 Å². The molecule has 1 aromatic heterocycles. The number of fused-ring (bicyclic) bond motifs is 1. The van der Waals surface area contributed by atoms with Gasteiger partial charge in [-0.15, -0.1) is 6.58 Å². The maximum absolute atomic E-state index is 10.4. The van der Waals surface area contributed by atoms with E-state index in [9.17, 15) is 10.1 Å². The van der Waals surface area contributed by atoms with Crippen molar-refractivity contribution in [2.75, 3.05) is 13.2 Å². The van der Waals surface area contributed by atoms with Crippen LogP contribution < -0.4 is 4.74 Å². The third-order valence-corrected chi connectivity index (χ3v) is 2.13. The molecular weight excluding hydrogens is 214 g/mol. The minimum absolute atomic E-state index is 0.136. The van der Waals surface area contributed by atoms with E-state index in [-0.39, 0.29) is 17.9 Å². The summed E-state index contributed by atoms with van der Waals surface area (Å²) in [6, 6.07) is 0.277. The maximum Gasteiger partial charge on any atom is 0.414 e. The van der Waals surface area contributed by atoms with Gasteiger partial charge in [-0.1, -0.05) is 6.08 Å². The fourth-order valence-corrected chi connectivity index (χ4v) is 1.47. The summed E-state index contributed by atoms with van der Waals surface area (Å²) < 4.78 is 12.2. The molecule has 0 spiro atoms. The van der Waals surface area contributed by atoms with E-state index in [4.69, 9.17) is 9.47 Å². The molecule has 1 aliphatic heterocycles. The molecule has 7 heteroatoms. The van der Waals surface area contributed by atoms with E-state index in [0.717, 1.165) is 0 Å². The van der Waals surface area contributed by atoms with Gasteiger partial charge in [-0.2, -0.15) is 0 Å². The van der Waals surface area contributed by atoms with Crippen LogP contribution >= 0.6 is 0 Å². The van der Waals surface area contributed by atoms with E-state index in [2.05, 4.69) is 11.6 Å². The van der Waals surface area contributed by atoms with Crippen LogP contribution in [0.2, 0.25) is 0 Å². The fourth-order valence-electron chi connectivity index (χ4n) is 1.47. The lowest BCUT2D eigenvalue weighted by molar-refractivity contribution is -0.389. The first-order valence-electron chi connectivity index (χ1n) is 4.77. The Morgan fingerprint density at radius 2 is 2.69 bits per heavy atom. The van der Waals surface area contributed by atoms with Gasteiger partial charge >= 0.3 is 11.8 Å². The molecule has 0 fully saturated rings. The zero-order chi connectivity index (χ0) is 11.5. The molecule has 16 heavy (non-hydrogen) atoms. The molecule has 0 aliphatic carbocycles. The Bertz CT molecular complexity index is 391. The van der Waals surface area contributed by atoms with Gasteiger partial charge in [0.15, 0.2) is 0 Å². The van der Waals surface area contributed by atoms with Crippen molar-refractivity contribution in [3.63, 3.8) is 0 Å². The minimum atomic E-state index is -0.544. The van der Waals surface area contributed by atoms with Gasteiger partial charge in [0.2, 0.25) is 0 Å². The van der Waals surface area contributed by atoms with Gasteiger partial charge in [0.05, 0.1) is 19.8 Å². The second-order valence-corrected chi connectivity index (χ2v) is 3.36. The molecule has 0 N–H and O–H groups in total. The van der Waals surface area contributed by atoms with Crippen molar-refractivity contribution in [1.82, 2.24) is 9.55 Å². The van der Waals surface area contributed by atoms with Crippen LogP contribution in [0.15, 0.2) is 18.9 Å². The van der Waals surface area contributed by atoms with Crippen molar-refractivity contribution < 1.29 is 14.4 Å². The van der Waals surface area contributed by atoms with Crippen molar-refractivity contribution >= 4 is 5.82 Å². The Hall–Kier alpha value is -1.89. The molecule has 0 radical (unpaired) electrons. The molecule has 86 valence electrons. The Balaban J connectivity index is 1.92. The minimum Gasteiger partial charge on any atom is -0.438 e. The summed E-state index contributed by atoms with van der Waals surface area (Å²) in [5.41, 5.74) is 0. The highest BCUT2D eigenvalue weighted by Gasteiger charge is 2.31. The number of rotatable bonds is 5. The average molecular weight is 225 g/mol. The summed E-state index contributed by atoms with van der Waals surface area (Å²) in [4.78, 5) is 13.6. The quantitative estimate of drug-likeness (QED) is 0.320. The Kier molecular flexibility index (Phi) is 2.86. The first kappa shape index (κ1) is 10.6. The molecule has 1 aliphatic rings. The zero-order valence-electron chi connectivity index (χ0n) is 8.54. The standard InChI is InChI=1S/C9H11N3O4/c1-2-3-15-6-7-4-11-5-8(12(13)14)10-9(11)16-7/h2,5,7H,1,3-4,6H2/t7-/m0/s1. The second-order valence-electron chi connectivity index (χ2n) is 3.36. The van der Waals surface area contributed by atoms with Crippen LogP contribution in [0.1, 0.15) is 0 Å². The van der Waals surface area contributed by atoms with Crippen LogP contribution in [0.5, 0.6) is 6.01 Å². The Morgan fingerprint density at radius 3 is 3.31 bits per heavy atom. The third-order valence-electron chi connectivity index (χ3n) is 2.13. The Morgan fingerprint density at radius 1 is 1.88 bits per heavy atom. The molecule has 0 amide bonds. The van der Waals surface area contributed by atoms with E-state index >= 15 is 0 Å². The number of hydrogen-bond acceptors (Lipinski definition) is 5. The molecule has 0 unspecified atom stereocenters. The van der Waals surface area contributed by atoms with Crippen LogP contribution in [0.3, 0.4) is 0 Å². The first-order chi connectivity index (χ1) is 7.70. The van der Waals surface area contributed by atoms with Crippen LogP contribution in [-0.2, 0) is 11.3 Å². The van der Waals surface area contributed by atoms with Crippen molar-refractivity contribution in [2.24, 2.45) is 0 Å². The molecule has 0 bridgehead atoms. The van der Waals surface area contributed by atoms with Crippen molar-refractivity contribution in [1.29, 1.82) is 0 Å². The van der Waals surface area contributed by atoms with Crippen molar-refractivity contribution in [2.45, 2.75) is 12.6 Å². The van der Waals surface area contributed by atoms with Crippen LogP contribution in [-0.4, -0.2) is 33.8 Å². The van der Waals surface area contributed by atoms with Gasteiger partial charge in [0, 0.05) is 4.98 Å². The lowest BCUT2D eigenvalue weighted by Gasteiger charge is -2.07. The number of nitro groups is 1. The van der Waals surface area contributed by atoms with Gasteiger partial charge in [-0.05, 0) is 4.92 Å². The molecule has 0 aromatic carbocycles. The van der Waals surface area contributed by atoms with E-state index in [1.807, 2.05) is 0 Å². The van der Waals surface area contributed by atoms with E-state index in [1.165, 1.54) is 6.20 Å². The topological polar surface area (TPSA) is 79.4 Å². The number of hydrogen-bond donors (Lipinski definition) is 0. The van der Waals surface area contributed by atoms with Gasteiger partial charge in [0.1, 0.15) is 12.3 Å². The molecule has 7 nitrogen and oxygen atoms in total. The normalized spacial score (nSPS) is 17.9. The average Bonchev–Trinajstić information content (AvgIpc) is 2.75. The predicted octanol–water partition coefficient (Wildman–Crippen LogP) is 0.755. The molecular formula is C9H11N3O4. The van der Waals surface area contributed by atoms with Crippen LogP contribution in [0.25, 0.3) is 0 Å². The van der Waals surface area contributed by atoms with E-state index in [1.54, 1.807) is 10.6 Å². The zero-order valence-corrected chi connectivity index (χ0v) is 8.54. The molecule has 0 saturated carbocycles. The van der Waals surface area contributed by atoms with E-state index in [0.29, 0.717) is 19.8 Å². The predicted molar refractivity (Wildman–Crippen MR) is 54.3 cm³/mol. The highest BCUT2D eigenvalue weighted by Crippen LogP contribution is 2.24. The highest BCUT2D eigenvalue weighted by atomic mass is 16.6. The number of nitrogens with zero attached hydrogens (tertiary/aromatic N) is 3. The first-order valence-corrected chi connectivity index (χ1v) is 4.77. The maximum atomic E-state index is 10.4. The van der Waals surface area contributed by atoms with Crippen LogP contribution in [0, 0.1) is 10.1 Å². The monoisotopic (exact) mass is 225 g/mol. The molecule has 1 aromatic rings. The van der Waals surface area contributed by atoms with Gasteiger partial charge in [-0.25, -0.2) is 0 Å². The number of ether oxygens (including phenoxy) is 2. The fraction of sp³-hybridized carbons (Fsp3) is 0.444. The lowest BCUT2D eigenvalue weighted by Crippen LogP contribution is -2.21. The number of aromatic nitrogens is 2. The summed E-state index contributed by atoms with van der Waals surface area (Å²) in [6.07, 6.45) is 2.88. The summed E-state index contributed by atoms with van der Waals surface area (Å²) in [7, 11) is 0. The number of imidazole rings is 1. The highest BCUT2D eigenvalue weighted by molar-refractivity contribution is 5.22. The molecule has 0 saturated heterocycles. The smallest absolute Gasteiger partial charge is 0.414 e. The largest absolute Gasteiger partial charge is 0.438 e. The molecule has 1 atom stereocenters. The second kappa shape index (κ2) is 4.31. The molecule has 2 heterocycles. The third kappa shape index (κ3) is 2.03. The summed E-state index contributed by atoms with van der Waals surface area (Å²) in [6.45, 7) is 4.93. The lowest BCUT2D eigenvalue weighted by atomic mass is 10.4. The van der Waals surface area contributed by atoms with E-state index < -0.39 is 4.92 Å². The van der Waals surface area contributed by atoms with Gasteiger partial charge in [-0.3, -0.25) is 4.57 Å². The summed E-state index contributed by atoms with van der Waals surface area (Å²) in [5, 5.41) is 10.4. The Labute approximate surface area is 91.4 Å². The van der Waals surface area contributed by atoms with Gasteiger partial charge in [0.25, 0.3) is 0 Å². The summed E-state index contributed by atoms with van der Waals surface area (Å²) in [5.74, 6) is -0.194. The van der Waals surface area contributed by atoms with Crippen LogP contribution in [0.4, 0.5) is 5.82 Å². The van der Waals surface area contributed by atoms with Crippen molar-refractivity contribution in [3.8, 4) is 6.01 Å². The van der Waals surface area contributed by atoms with Gasteiger partial charge < -0.3 is 19.6 Å².